The van der Waals surface area contributed by atoms with Gasteiger partial charge in [-0.2, -0.15) is 0 Å². The predicted octanol–water partition coefficient (Wildman–Crippen LogP) is 4.46. The average Bonchev–Trinajstić information content (AvgIpc) is 4.00. The molecule has 8 rings (SSSR count). The van der Waals surface area contributed by atoms with Gasteiger partial charge >= 0.3 is 0 Å². The lowest BCUT2D eigenvalue weighted by Gasteiger charge is -2.28. The highest BCUT2D eigenvalue weighted by Crippen LogP contribution is 2.47. The van der Waals surface area contributed by atoms with Crippen LogP contribution in [0.25, 0.3) is 10.8 Å². The number of nitrogens with zero attached hydrogens (tertiary/aromatic N) is 4. The third-order valence-corrected chi connectivity index (χ3v) is 12.2. The lowest BCUT2D eigenvalue weighted by molar-refractivity contribution is 0.0928. The number of anilines is 2. The number of hydrogen-bond donors (Lipinski definition) is 3. The number of nitrogens with one attached hydrogen (secondary N) is 3. The summed E-state index contributed by atoms with van der Waals surface area (Å²) < 4.78 is 41.8. The number of morpholine rings is 2. The van der Waals surface area contributed by atoms with Gasteiger partial charge in [0.1, 0.15) is 5.82 Å². The highest BCUT2D eigenvalue weighted by atomic mass is 32.2. The zero-order valence-electron chi connectivity index (χ0n) is 30.7. The van der Waals surface area contributed by atoms with E-state index < -0.39 is 22.1 Å². The molecular formula is C40H47N7O6S. The number of hydrogen-bond acceptors (Lipinski definition) is 10. The van der Waals surface area contributed by atoms with Crippen molar-refractivity contribution in [2.24, 2.45) is 5.92 Å². The fourth-order valence-electron chi connectivity index (χ4n) is 7.57. The molecule has 0 bridgehead atoms. The van der Waals surface area contributed by atoms with E-state index >= 15 is 0 Å². The lowest BCUT2D eigenvalue weighted by Crippen LogP contribution is -2.36. The van der Waals surface area contributed by atoms with E-state index in [-0.39, 0.29) is 29.2 Å². The number of benzene rings is 2. The van der Waals surface area contributed by atoms with E-state index in [0.717, 1.165) is 61.8 Å². The molecular weight excluding hydrogens is 707 g/mol. The van der Waals surface area contributed by atoms with Gasteiger partial charge in [0.15, 0.2) is 0 Å². The number of ether oxygens (including phenoxy) is 2. The number of aromatic nitrogens is 2. The largest absolute Gasteiger partial charge is 0.378 e. The molecule has 0 unspecified atom stereocenters. The van der Waals surface area contributed by atoms with Crippen molar-refractivity contribution in [3.05, 3.63) is 88.9 Å². The monoisotopic (exact) mass is 753 g/mol. The third kappa shape index (κ3) is 7.65. The predicted molar refractivity (Wildman–Crippen MR) is 206 cm³/mol. The van der Waals surface area contributed by atoms with Gasteiger partial charge < -0.3 is 29.9 Å². The molecule has 2 aromatic carbocycles. The summed E-state index contributed by atoms with van der Waals surface area (Å²) in [5.41, 5.74) is 4.15. The van der Waals surface area contributed by atoms with E-state index in [1.165, 1.54) is 0 Å². The molecule has 2 aromatic heterocycles. The summed E-state index contributed by atoms with van der Waals surface area (Å²) in [6, 6.07) is 13.5. The van der Waals surface area contributed by atoms with Gasteiger partial charge in [-0.1, -0.05) is 13.8 Å². The van der Waals surface area contributed by atoms with E-state index in [1.807, 2.05) is 38.1 Å². The Kier molecular flexibility index (Phi) is 10.3. The van der Waals surface area contributed by atoms with Gasteiger partial charge in [-0.25, -0.2) is 18.1 Å². The highest BCUT2D eigenvalue weighted by molar-refractivity contribution is 7.89. The first-order valence-electron chi connectivity index (χ1n) is 18.9. The fraction of sp³-hybridized carbons (Fsp3) is 0.450. The molecule has 4 heterocycles. The second-order valence-corrected chi connectivity index (χ2v) is 16.7. The molecule has 4 aromatic rings. The number of sulfonamides is 1. The Morgan fingerprint density at radius 1 is 0.796 bits per heavy atom. The van der Waals surface area contributed by atoms with Crippen molar-refractivity contribution in [2.75, 3.05) is 69.0 Å². The van der Waals surface area contributed by atoms with E-state index in [2.05, 4.69) is 30.1 Å². The minimum atomic E-state index is -3.95. The van der Waals surface area contributed by atoms with Crippen LogP contribution in [0.2, 0.25) is 0 Å². The van der Waals surface area contributed by atoms with Crippen LogP contribution in [0.3, 0.4) is 0 Å². The molecule has 14 heteroatoms. The van der Waals surface area contributed by atoms with Crippen molar-refractivity contribution < 1.29 is 27.5 Å². The van der Waals surface area contributed by atoms with Crippen LogP contribution in [0, 0.1) is 5.92 Å². The van der Waals surface area contributed by atoms with Crippen LogP contribution in [0.15, 0.2) is 65.8 Å². The van der Waals surface area contributed by atoms with E-state index in [1.54, 1.807) is 36.7 Å². The molecule has 2 aliphatic heterocycles. The number of carbonyl (C=O) groups excluding carboxylic acids is 2. The number of carbonyl (C=O) groups is 2. The SMILES string of the molecule is CC(C)CNS(=O)(=O)c1cc2c(c3cnc(C4CC4)cc13)[C@H](NC(=O)c1ccc(N3CCOCC3)nc1)C[C@H]2NC(=O)c1ccc(N2CCOCC2)cc1. The van der Waals surface area contributed by atoms with Crippen LogP contribution in [-0.4, -0.2) is 89.4 Å². The maximum absolute atomic E-state index is 14.0. The minimum Gasteiger partial charge on any atom is -0.378 e. The number of rotatable bonds is 11. The van der Waals surface area contributed by atoms with Crippen LogP contribution in [0.5, 0.6) is 0 Å². The summed E-state index contributed by atoms with van der Waals surface area (Å²) >= 11 is 0. The van der Waals surface area contributed by atoms with Crippen LogP contribution >= 0.6 is 0 Å². The number of fused-ring (bicyclic) bond motifs is 3. The second-order valence-electron chi connectivity index (χ2n) is 15.0. The Hall–Kier alpha value is -4.63. The summed E-state index contributed by atoms with van der Waals surface area (Å²) in [6.45, 7) is 9.80. The molecule has 1 saturated carbocycles. The molecule has 54 heavy (non-hydrogen) atoms. The van der Waals surface area contributed by atoms with Gasteiger partial charge in [0.25, 0.3) is 11.8 Å². The van der Waals surface area contributed by atoms with Crippen LogP contribution in [0.1, 0.15) is 88.6 Å². The van der Waals surface area contributed by atoms with Crippen LogP contribution in [-0.2, 0) is 19.5 Å². The average molecular weight is 754 g/mol. The molecule has 13 nitrogen and oxygen atoms in total. The van der Waals surface area contributed by atoms with Gasteiger partial charge in [0, 0.05) is 78.8 Å². The van der Waals surface area contributed by atoms with E-state index in [0.29, 0.717) is 66.2 Å². The van der Waals surface area contributed by atoms with Gasteiger partial charge in [-0.15, -0.1) is 0 Å². The highest BCUT2D eigenvalue weighted by Gasteiger charge is 2.38. The first kappa shape index (κ1) is 36.4. The van der Waals surface area contributed by atoms with Crippen LogP contribution < -0.4 is 25.2 Å². The van der Waals surface area contributed by atoms with Gasteiger partial charge in [-0.05, 0) is 84.8 Å². The fourth-order valence-corrected chi connectivity index (χ4v) is 9.02. The molecule has 3 fully saturated rings. The molecule has 4 aliphatic rings. The maximum atomic E-state index is 14.0. The van der Waals surface area contributed by atoms with E-state index in [4.69, 9.17) is 14.5 Å². The molecule has 2 amide bonds. The molecule has 2 saturated heterocycles. The summed E-state index contributed by atoms with van der Waals surface area (Å²) in [5, 5.41) is 7.58. The maximum Gasteiger partial charge on any atom is 0.253 e. The van der Waals surface area contributed by atoms with Gasteiger partial charge in [-0.3, -0.25) is 14.6 Å². The summed E-state index contributed by atoms with van der Waals surface area (Å²) in [4.78, 5) is 41.6. The smallest absolute Gasteiger partial charge is 0.253 e. The second kappa shape index (κ2) is 15.2. The summed E-state index contributed by atoms with van der Waals surface area (Å²) in [6.07, 6.45) is 5.66. The lowest BCUT2D eigenvalue weighted by atomic mass is 9.98. The first-order valence-corrected chi connectivity index (χ1v) is 20.4. The Labute approximate surface area is 315 Å². The number of pyridine rings is 2. The number of amides is 2. The molecule has 2 atom stereocenters. The molecule has 2 aliphatic carbocycles. The Balaban J connectivity index is 1.14. The molecule has 0 radical (unpaired) electrons. The zero-order valence-corrected chi connectivity index (χ0v) is 31.5. The van der Waals surface area contributed by atoms with Gasteiger partial charge in [0.2, 0.25) is 10.0 Å². The standard InChI is InChI=1S/C40H47N7O6S/c1-25(2)22-43-54(50,51)36-20-31-34(44-39(48)27-5-8-29(9-6-27)46-11-15-52-16-12-46)21-35(38(31)32-24-41-33(19-30(32)36)26-3-4-26)45-40(49)28-7-10-37(42-23-28)47-13-17-53-18-14-47/h5-10,19-20,23-26,34-35,43H,3-4,11-18,21-22H2,1-2H3,(H,44,48)(H,45,49)/t34-,35-/m1/s1. The Bertz CT molecular complexity index is 2130. The van der Waals surface area contributed by atoms with Crippen molar-refractivity contribution in [1.29, 1.82) is 0 Å². The van der Waals surface area contributed by atoms with Crippen molar-refractivity contribution >= 4 is 44.1 Å². The summed E-state index contributed by atoms with van der Waals surface area (Å²) in [5.74, 6) is 0.572. The quantitative estimate of drug-likeness (QED) is 0.200. The van der Waals surface area contributed by atoms with Gasteiger partial charge in [0.05, 0.1) is 49.0 Å². The minimum absolute atomic E-state index is 0.0999. The normalized spacial score (nSPS) is 20.3. The van der Waals surface area contributed by atoms with Crippen LogP contribution in [0.4, 0.5) is 11.5 Å². The van der Waals surface area contributed by atoms with Crippen molar-refractivity contribution in [2.45, 2.75) is 56.0 Å². The van der Waals surface area contributed by atoms with Crippen molar-refractivity contribution in [1.82, 2.24) is 25.3 Å². The molecule has 0 spiro atoms. The van der Waals surface area contributed by atoms with E-state index in [9.17, 15) is 18.0 Å². The topological polar surface area (TPSA) is 155 Å². The van der Waals surface area contributed by atoms with Crippen molar-refractivity contribution in [3.63, 3.8) is 0 Å². The Morgan fingerprint density at radius 3 is 2.09 bits per heavy atom. The summed E-state index contributed by atoms with van der Waals surface area (Å²) in [7, 11) is -3.95. The zero-order chi connectivity index (χ0) is 37.4. The van der Waals surface area contributed by atoms with Crippen molar-refractivity contribution in [3.8, 4) is 0 Å². The molecule has 3 N–H and O–H groups in total. The first-order chi connectivity index (χ1) is 26.1. The molecule has 284 valence electrons. The Morgan fingerprint density at radius 2 is 1.44 bits per heavy atom. The third-order valence-electron chi connectivity index (χ3n) is 10.7.